The highest BCUT2D eigenvalue weighted by molar-refractivity contribution is 7.87. The van der Waals surface area contributed by atoms with Crippen molar-refractivity contribution in [2.45, 2.75) is 57.1 Å². The quantitative estimate of drug-likeness (QED) is 0.282. The van der Waals surface area contributed by atoms with E-state index in [-0.39, 0.29) is 0 Å². The van der Waals surface area contributed by atoms with Crippen molar-refractivity contribution in [1.82, 2.24) is 0 Å². The molecule has 0 aromatic rings. The van der Waals surface area contributed by atoms with Gasteiger partial charge in [-0.05, 0) is 6.42 Å². The second kappa shape index (κ2) is 8.09. The smallest absolute Gasteiger partial charge is 0.431 e. The Bertz CT molecular complexity index is 464. The highest BCUT2D eigenvalue weighted by Gasteiger charge is 2.65. The van der Waals surface area contributed by atoms with E-state index in [0.29, 0.717) is 6.42 Å². The molecule has 0 spiro atoms. The number of esters is 1. The van der Waals surface area contributed by atoms with Crippen LogP contribution in [0.25, 0.3) is 0 Å². The maximum Gasteiger partial charge on any atom is 0.431 e. The van der Waals surface area contributed by atoms with Crippen LogP contribution >= 0.6 is 0 Å². The van der Waals surface area contributed by atoms with Gasteiger partial charge >= 0.3 is 27.3 Å². The molecule has 0 bridgehead atoms. The third-order valence-corrected chi connectivity index (χ3v) is 4.00. The molecule has 0 aliphatic rings. The fraction of sp³-hybridized carbons (Fsp3) is 0.917. The zero-order chi connectivity index (χ0) is 17.6. The van der Waals surface area contributed by atoms with Crippen LogP contribution in [0.2, 0.25) is 0 Å². The minimum Gasteiger partial charge on any atom is -0.465 e. The molecule has 132 valence electrons. The highest BCUT2D eigenvalue weighted by atomic mass is 32.2. The lowest BCUT2D eigenvalue weighted by atomic mass is 10.0. The third kappa shape index (κ3) is 5.71. The van der Waals surface area contributed by atoms with E-state index >= 15 is 0 Å². The molecule has 0 fully saturated rings. The minimum absolute atomic E-state index is 0.476. The van der Waals surface area contributed by atoms with E-state index in [1.165, 1.54) is 6.92 Å². The fourth-order valence-electron chi connectivity index (χ4n) is 1.57. The Morgan fingerprint density at radius 1 is 1.23 bits per heavy atom. The number of alkyl halides is 4. The first-order chi connectivity index (χ1) is 9.87. The molecule has 1 unspecified atom stereocenters. The summed E-state index contributed by atoms with van der Waals surface area (Å²) < 4.78 is 85.1. The molecule has 0 aliphatic carbocycles. The van der Waals surface area contributed by atoms with E-state index in [4.69, 9.17) is 4.55 Å². The fourth-order valence-corrected chi connectivity index (χ4v) is 2.05. The number of halogens is 4. The summed E-state index contributed by atoms with van der Waals surface area (Å²) in [5, 5.41) is -5.64. The summed E-state index contributed by atoms with van der Waals surface area (Å²) in [7, 11) is -6.27. The number of hydrogen-bond donors (Lipinski definition) is 1. The first-order valence-electron chi connectivity index (χ1n) is 6.76. The topological polar surface area (TPSA) is 80.7 Å². The first kappa shape index (κ1) is 21.1. The van der Waals surface area contributed by atoms with Crippen LogP contribution in [0.4, 0.5) is 17.6 Å². The Labute approximate surface area is 126 Å². The standard InChI is InChI=1S/C12H20F4O5S/c1-3-4-5-6-9(2)10(17)21-8-7-11(13,14)12(15,16)22(18,19)20/h9H,3-8H2,1-2H3,(H,18,19,20). The van der Waals surface area contributed by atoms with Crippen molar-refractivity contribution < 1.29 is 40.1 Å². The summed E-state index contributed by atoms with van der Waals surface area (Å²) in [6.45, 7) is 2.40. The van der Waals surface area contributed by atoms with Crippen LogP contribution < -0.4 is 0 Å². The average Bonchev–Trinajstić information content (AvgIpc) is 2.36. The molecule has 0 amide bonds. The van der Waals surface area contributed by atoms with Crippen LogP contribution in [0.5, 0.6) is 0 Å². The lowest BCUT2D eigenvalue weighted by Crippen LogP contribution is -2.47. The molecule has 10 heteroatoms. The average molecular weight is 352 g/mol. The molecule has 0 saturated carbocycles. The highest BCUT2D eigenvalue weighted by Crippen LogP contribution is 2.40. The van der Waals surface area contributed by atoms with E-state index in [9.17, 15) is 30.8 Å². The van der Waals surface area contributed by atoms with Crippen molar-refractivity contribution in [3.05, 3.63) is 0 Å². The van der Waals surface area contributed by atoms with Gasteiger partial charge in [-0.25, -0.2) is 0 Å². The SMILES string of the molecule is CCCCCC(C)C(=O)OCCC(F)(F)C(F)(F)S(=O)(=O)O. The van der Waals surface area contributed by atoms with Gasteiger partial charge in [-0.3, -0.25) is 9.35 Å². The number of rotatable bonds is 10. The number of carbonyl (C=O) groups is 1. The normalized spacial score (nSPS) is 14.7. The summed E-state index contributed by atoms with van der Waals surface area (Å²) in [6.07, 6.45) is 1.32. The monoisotopic (exact) mass is 352 g/mol. The lowest BCUT2D eigenvalue weighted by Gasteiger charge is -2.23. The predicted octanol–water partition coefficient (Wildman–Crippen LogP) is 3.25. The Morgan fingerprint density at radius 3 is 2.23 bits per heavy atom. The van der Waals surface area contributed by atoms with Crippen LogP contribution in [0.1, 0.15) is 46.0 Å². The van der Waals surface area contributed by atoms with Gasteiger partial charge in [-0.1, -0.05) is 33.1 Å². The van der Waals surface area contributed by atoms with Crippen molar-refractivity contribution >= 4 is 16.1 Å². The van der Waals surface area contributed by atoms with E-state index in [1.807, 2.05) is 6.92 Å². The minimum atomic E-state index is -6.27. The summed E-state index contributed by atoms with van der Waals surface area (Å²) in [6, 6.07) is 0. The molecular formula is C12H20F4O5S. The van der Waals surface area contributed by atoms with Crippen LogP contribution in [0.15, 0.2) is 0 Å². The molecule has 0 saturated heterocycles. The molecule has 0 aromatic heterocycles. The largest absolute Gasteiger partial charge is 0.465 e. The molecule has 0 rings (SSSR count). The van der Waals surface area contributed by atoms with Crippen molar-refractivity contribution in [2.75, 3.05) is 6.61 Å². The van der Waals surface area contributed by atoms with Crippen LogP contribution in [0, 0.1) is 5.92 Å². The van der Waals surface area contributed by atoms with Crippen LogP contribution in [-0.2, 0) is 19.6 Å². The molecule has 1 N–H and O–H groups in total. The third-order valence-electron chi connectivity index (χ3n) is 3.05. The van der Waals surface area contributed by atoms with Gasteiger partial charge in [0.15, 0.2) is 0 Å². The summed E-state index contributed by atoms with van der Waals surface area (Å²) in [5.41, 5.74) is 0. The van der Waals surface area contributed by atoms with E-state index in [1.54, 1.807) is 0 Å². The summed E-state index contributed by atoms with van der Waals surface area (Å²) in [5.74, 6) is -6.43. The van der Waals surface area contributed by atoms with Gasteiger partial charge in [0.25, 0.3) is 0 Å². The van der Waals surface area contributed by atoms with Gasteiger partial charge in [0, 0.05) is 0 Å². The van der Waals surface area contributed by atoms with Gasteiger partial charge in [0.05, 0.1) is 18.9 Å². The zero-order valence-electron chi connectivity index (χ0n) is 12.3. The van der Waals surface area contributed by atoms with Gasteiger partial charge < -0.3 is 4.74 Å². The molecule has 0 radical (unpaired) electrons. The van der Waals surface area contributed by atoms with Crippen molar-refractivity contribution in [1.29, 1.82) is 0 Å². The van der Waals surface area contributed by atoms with Gasteiger partial charge in [-0.2, -0.15) is 26.0 Å². The second-order valence-electron chi connectivity index (χ2n) is 5.01. The second-order valence-corrected chi connectivity index (χ2v) is 6.47. The molecule has 22 heavy (non-hydrogen) atoms. The Morgan fingerprint density at radius 2 is 1.77 bits per heavy atom. The Kier molecular flexibility index (Phi) is 7.76. The van der Waals surface area contributed by atoms with E-state index in [0.717, 1.165) is 19.3 Å². The van der Waals surface area contributed by atoms with Crippen LogP contribution in [-0.4, -0.2) is 36.7 Å². The number of carbonyl (C=O) groups excluding carboxylic acids is 1. The lowest BCUT2D eigenvalue weighted by molar-refractivity contribution is -0.175. The molecule has 1 atom stereocenters. The summed E-state index contributed by atoms with van der Waals surface area (Å²) >= 11 is 0. The van der Waals surface area contributed by atoms with Crippen LogP contribution in [0.3, 0.4) is 0 Å². The molecule has 5 nitrogen and oxygen atoms in total. The van der Waals surface area contributed by atoms with Crippen molar-refractivity contribution in [3.63, 3.8) is 0 Å². The molecule has 0 aliphatic heterocycles. The Balaban J connectivity index is 4.42. The van der Waals surface area contributed by atoms with Crippen molar-refractivity contribution in [2.24, 2.45) is 5.92 Å². The first-order valence-corrected chi connectivity index (χ1v) is 8.20. The van der Waals surface area contributed by atoms with E-state index in [2.05, 4.69) is 4.74 Å². The Hall–Kier alpha value is -0.900. The van der Waals surface area contributed by atoms with Gasteiger partial charge in [-0.15, -0.1) is 0 Å². The predicted molar refractivity (Wildman–Crippen MR) is 70.3 cm³/mol. The van der Waals surface area contributed by atoms with Gasteiger partial charge in [0.2, 0.25) is 0 Å². The number of hydrogen-bond acceptors (Lipinski definition) is 4. The maximum absolute atomic E-state index is 13.1. The van der Waals surface area contributed by atoms with Gasteiger partial charge in [0.1, 0.15) is 0 Å². The maximum atomic E-state index is 13.1. The molecule has 0 heterocycles. The van der Waals surface area contributed by atoms with E-state index < -0.39 is 46.2 Å². The van der Waals surface area contributed by atoms with Crippen molar-refractivity contribution in [3.8, 4) is 0 Å². The number of ether oxygens (including phenoxy) is 1. The summed E-state index contributed by atoms with van der Waals surface area (Å²) in [4.78, 5) is 11.4. The molecule has 0 aromatic carbocycles. The zero-order valence-corrected chi connectivity index (χ0v) is 13.1. The number of unbranched alkanes of at least 4 members (excludes halogenated alkanes) is 2. The molecular weight excluding hydrogens is 332 g/mol.